The van der Waals surface area contributed by atoms with Gasteiger partial charge in [-0.1, -0.05) is 13.3 Å². The minimum Gasteiger partial charge on any atom is -0.481 e. The van der Waals surface area contributed by atoms with E-state index in [2.05, 4.69) is 19.9 Å². The molecular formula is C17H25N5O5. The minimum atomic E-state index is -0.749. The van der Waals surface area contributed by atoms with Gasteiger partial charge in [-0.25, -0.2) is 4.79 Å². The summed E-state index contributed by atoms with van der Waals surface area (Å²) in [7, 11) is 0. The quantitative estimate of drug-likeness (QED) is 0.565. The number of H-pyrrole nitrogens is 2. The van der Waals surface area contributed by atoms with E-state index in [-0.39, 0.29) is 23.1 Å². The zero-order valence-electron chi connectivity index (χ0n) is 15.4. The van der Waals surface area contributed by atoms with Crippen LogP contribution < -0.4 is 16.0 Å². The summed E-state index contributed by atoms with van der Waals surface area (Å²) in [6, 6.07) is 0.107. The molecule has 0 spiro atoms. The molecule has 0 aliphatic carbocycles. The molecule has 3 rings (SSSR count). The van der Waals surface area contributed by atoms with Crippen molar-refractivity contribution in [3.63, 3.8) is 0 Å². The summed E-state index contributed by atoms with van der Waals surface area (Å²) in [6.07, 6.45) is 3.00. The highest BCUT2D eigenvalue weighted by atomic mass is 16.5. The van der Waals surface area contributed by atoms with E-state index in [9.17, 15) is 14.4 Å². The van der Waals surface area contributed by atoms with Crippen LogP contribution in [-0.4, -0.2) is 61.7 Å². The van der Waals surface area contributed by atoms with Gasteiger partial charge in [0.1, 0.15) is 0 Å². The lowest BCUT2D eigenvalue weighted by molar-refractivity contribution is -0.143. The number of hydrogen-bond donors (Lipinski definition) is 3. The van der Waals surface area contributed by atoms with Gasteiger partial charge in [-0.2, -0.15) is 4.98 Å². The standard InChI is InChI=1S/C17H25N5O5/c1-2-3-10-27-16-19-13-12(14(23)20-16)18-17(26)22(13)9-8-21-6-4-11(5-7-21)15(24)25/h11H,2-10H2,1H3,(H,18,26)(H,24,25)(H,19,20,23). The second-order valence-electron chi connectivity index (χ2n) is 6.81. The third-order valence-electron chi connectivity index (χ3n) is 4.92. The molecule has 10 heteroatoms. The SMILES string of the molecule is CCCCOc1nc2c([nH]c(=O)n2CCN2CCC(C(=O)O)CC2)c(=O)[nH]1. The van der Waals surface area contributed by atoms with Crippen LogP contribution in [0.2, 0.25) is 0 Å². The number of imidazole rings is 1. The van der Waals surface area contributed by atoms with Gasteiger partial charge in [0.15, 0.2) is 11.2 Å². The van der Waals surface area contributed by atoms with Crippen molar-refractivity contribution in [2.75, 3.05) is 26.2 Å². The summed E-state index contributed by atoms with van der Waals surface area (Å²) in [5.41, 5.74) is -0.429. The number of carbonyl (C=O) groups is 1. The van der Waals surface area contributed by atoms with Crippen molar-refractivity contribution >= 4 is 17.1 Å². The van der Waals surface area contributed by atoms with Gasteiger partial charge in [0, 0.05) is 13.1 Å². The van der Waals surface area contributed by atoms with E-state index in [1.54, 1.807) is 0 Å². The summed E-state index contributed by atoms with van der Waals surface area (Å²) in [6.45, 7) is 4.77. The largest absolute Gasteiger partial charge is 0.481 e. The summed E-state index contributed by atoms with van der Waals surface area (Å²) in [5.74, 6) is -1.04. The van der Waals surface area contributed by atoms with Gasteiger partial charge in [-0.3, -0.25) is 24.1 Å². The molecular weight excluding hydrogens is 354 g/mol. The van der Waals surface area contributed by atoms with Crippen molar-refractivity contribution in [1.82, 2.24) is 24.4 Å². The lowest BCUT2D eigenvalue weighted by Gasteiger charge is -2.29. The number of carboxylic acid groups (broad SMARTS) is 1. The zero-order valence-corrected chi connectivity index (χ0v) is 15.4. The van der Waals surface area contributed by atoms with E-state index in [4.69, 9.17) is 9.84 Å². The van der Waals surface area contributed by atoms with Gasteiger partial charge < -0.3 is 14.7 Å². The molecule has 1 fully saturated rings. The predicted octanol–water partition coefficient (Wildman–Crippen LogP) is 0.388. The number of hydrogen-bond acceptors (Lipinski definition) is 6. The fraction of sp³-hybridized carbons (Fsp3) is 0.647. The predicted molar refractivity (Wildman–Crippen MR) is 98.2 cm³/mol. The first-order chi connectivity index (χ1) is 13.0. The van der Waals surface area contributed by atoms with Gasteiger partial charge in [0.25, 0.3) is 11.6 Å². The molecule has 0 saturated carbocycles. The third kappa shape index (κ3) is 4.38. The number of aromatic nitrogens is 4. The number of ether oxygens (including phenoxy) is 1. The van der Waals surface area contributed by atoms with E-state index in [1.165, 1.54) is 4.57 Å². The van der Waals surface area contributed by atoms with Crippen LogP contribution in [0.3, 0.4) is 0 Å². The smallest absolute Gasteiger partial charge is 0.327 e. The maximum absolute atomic E-state index is 12.3. The molecule has 10 nitrogen and oxygen atoms in total. The van der Waals surface area contributed by atoms with Crippen molar-refractivity contribution in [2.24, 2.45) is 5.92 Å². The molecule has 0 amide bonds. The Morgan fingerprint density at radius 1 is 1.26 bits per heavy atom. The fourth-order valence-corrected chi connectivity index (χ4v) is 3.25. The fourth-order valence-electron chi connectivity index (χ4n) is 3.25. The normalized spacial score (nSPS) is 16.0. The average Bonchev–Trinajstić information content (AvgIpc) is 2.96. The maximum Gasteiger partial charge on any atom is 0.327 e. The monoisotopic (exact) mass is 379 g/mol. The Kier molecular flexibility index (Phi) is 5.94. The van der Waals surface area contributed by atoms with Gasteiger partial charge >= 0.3 is 11.7 Å². The highest BCUT2D eigenvalue weighted by Gasteiger charge is 2.24. The van der Waals surface area contributed by atoms with Crippen LogP contribution in [0.15, 0.2) is 9.59 Å². The molecule has 3 N–H and O–H groups in total. The summed E-state index contributed by atoms with van der Waals surface area (Å²) < 4.78 is 6.90. The number of aromatic amines is 2. The number of unbranched alkanes of at least 4 members (excludes halogenated alkanes) is 1. The number of piperidine rings is 1. The first kappa shape index (κ1) is 19.2. The Balaban J connectivity index is 1.72. The lowest BCUT2D eigenvalue weighted by Crippen LogP contribution is -2.38. The van der Waals surface area contributed by atoms with E-state index in [1.807, 2.05) is 6.92 Å². The van der Waals surface area contributed by atoms with Crippen molar-refractivity contribution in [2.45, 2.75) is 39.2 Å². The van der Waals surface area contributed by atoms with Crippen LogP contribution >= 0.6 is 0 Å². The Labute approximate surface area is 155 Å². The first-order valence-corrected chi connectivity index (χ1v) is 9.30. The molecule has 2 aromatic heterocycles. The van der Waals surface area contributed by atoms with Crippen LogP contribution in [0.1, 0.15) is 32.6 Å². The van der Waals surface area contributed by atoms with Gasteiger partial charge in [-0.05, 0) is 32.4 Å². The van der Waals surface area contributed by atoms with Crippen LogP contribution in [0.4, 0.5) is 0 Å². The van der Waals surface area contributed by atoms with Crippen molar-refractivity contribution in [3.05, 3.63) is 20.8 Å². The molecule has 1 saturated heterocycles. The average molecular weight is 379 g/mol. The number of carboxylic acids is 1. The molecule has 1 aliphatic heterocycles. The molecule has 0 bridgehead atoms. The Hall–Kier alpha value is -2.62. The molecule has 1 aliphatic rings. The molecule has 0 atom stereocenters. The second kappa shape index (κ2) is 8.38. The second-order valence-corrected chi connectivity index (χ2v) is 6.81. The number of nitrogens with zero attached hydrogens (tertiary/aromatic N) is 3. The molecule has 3 heterocycles. The summed E-state index contributed by atoms with van der Waals surface area (Å²) >= 11 is 0. The number of aliphatic carboxylic acids is 1. The third-order valence-corrected chi connectivity index (χ3v) is 4.92. The van der Waals surface area contributed by atoms with Gasteiger partial charge in [-0.15, -0.1) is 0 Å². The molecule has 0 radical (unpaired) electrons. The van der Waals surface area contributed by atoms with E-state index < -0.39 is 17.2 Å². The van der Waals surface area contributed by atoms with E-state index in [0.717, 1.165) is 12.8 Å². The topological polar surface area (TPSA) is 133 Å². The molecule has 148 valence electrons. The van der Waals surface area contributed by atoms with Gasteiger partial charge in [0.05, 0.1) is 12.5 Å². The highest BCUT2D eigenvalue weighted by molar-refractivity contribution is 5.70. The Morgan fingerprint density at radius 2 is 2.00 bits per heavy atom. The van der Waals surface area contributed by atoms with E-state index >= 15 is 0 Å². The summed E-state index contributed by atoms with van der Waals surface area (Å²) in [5, 5.41) is 9.07. The molecule has 0 unspecified atom stereocenters. The Morgan fingerprint density at radius 3 is 2.67 bits per heavy atom. The van der Waals surface area contributed by atoms with Crippen molar-refractivity contribution < 1.29 is 14.6 Å². The number of likely N-dealkylation sites (tertiary alicyclic amines) is 1. The van der Waals surface area contributed by atoms with Crippen LogP contribution in [-0.2, 0) is 11.3 Å². The number of fused-ring (bicyclic) bond motifs is 1. The van der Waals surface area contributed by atoms with E-state index in [0.29, 0.717) is 45.6 Å². The number of nitrogens with one attached hydrogen (secondary N) is 2. The maximum atomic E-state index is 12.3. The molecule has 0 aromatic carbocycles. The van der Waals surface area contributed by atoms with Crippen molar-refractivity contribution in [1.29, 1.82) is 0 Å². The van der Waals surface area contributed by atoms with Gasteiger partial charge in [0.2, 0.25) is 0 Å². The Bertz CT molecular complexity index is 907. The molecule has 2 aromatic rings. The lowest BCUT2D eigenvalue weighted by atomic mass is 9.97. The van der Waals surface area contributed by atoms with Crippen LogP contribution in [0, 0.1) is 5.92 Å². The highest BCUT2D eigenvalue weighted by Crippen LogP contribution is 2.17. The zero-order chi connectivity index (χ0) is 19.4. The van der Waals surface area contributed by atoms with Crippen LogP contribution in [0.25, 0.3) is 11.2 Å². The summed E-state index contributed by atoms with van der Waals surface area (Å²) in [4.78, 5) is 47.0. The first-order valence-electron chi connectivity index (χ1n) is 9.30. The number of rotatable bonds is 8. The molecule has 27 heavy (non-hydrogen) atoms. The minimum absolute atomic E-state index is 0.107. The van der Waals surface area contributed by atoms with Crippen molar-refractivity contribution in [3.8, 4) is 6.01 Å². The van der Waals surface area contributed by atoms with Crippen LogP contribution in [0.5, 0.6) is 6.01 Å².